The Labute approximate surface area is 104 Å². The maximum absolute atomic E-state index is 10.5. The Bertz CT molecular complexity index is 488. The predicted molar refractivity (Wildman–Crippen MR) is 70.4 cm³/mol. The molecule has 1 nitrogen and oxygen atoms in total. The number of aryl methyl sites for hydroxylation is 1. The molecule has 0 amide bonds. The van der Waals surface area contributed by atoms with Gasteiger partial charge >= 0.3 is 0 Å². The highest BCUT2D eigenvalue weighted by molar-refractivity contribution is 7.98. The first-order chi connectivity index (χ1) is 7.78. The first-order valence-electron chi connectivity index (χ1n) is 5.00. The van der Waals surface area contributed by atoms with E-state index in [9.17, 15) is 4.79 Å². The number of hydrogen-bond acceptors (Lipinski definition) is 3. The van der Waals surface area contributed by atoms with Crippen LogP contribution in [-0.4, -0.2) is 6.29 Å². The highest BCUT2D eigenvalue weighted by Gasteiger charge is 2.00. The molecule has 0 atom stereocenters. The fourth-order valence-corrected chi connectivity index (χ4v) is 3.23. The third-order valence-electron chi connectivity index (χ3n) is 2.20. The van der Waals surface area contributed by atoms with Gasteiger partial charge in [0.25, 0.3) is 0 Å². The lowest BCUT2D eigenvalue weighted by Gasteiger charge is -2.00. The SMILES string of the molecule is Cc1cccc(CSc2csc(C=O)c2)c1. The van der Waals surface area contributed by atoms with Crippen LogP contribution in [0.25, 0.3) is 0 Å². The summed E-state index contributed by atoms with van der Waals surface area (Å²) in [6.07, 6.45) is 0.904. The Morgan fingerprint density at radius 3 is 2.94 bits per heavy atom. The monoisotopic (exact) mass is 248 g/mol. The summed E-state index contributed by atoms with van der Waals surface area (Å²) in [5.41, 5.74) is 2.61. The summed E-state index contributed by atoms with van der Waals surface area (Å²) >= 11 is 3.27. The molecule has 3 heteroatoms. The molecule has 0 saturated heterocycles. The minimum absolute atomic E-state index is 0.798. The van der Waals surface area contributed by atoms with Crippen molar-refractivity contribution >= 4 is 29.4 Å². The number of hydrogen-bond donors (Lipinski definition) is 0. The van der Waals surface area contributed by atoms with E-state index in [2.05, 4.69) is 31.2 Å². The molecule has 0 bridgehead atoms. The molecule has 0 radical (unpaired) electrons. The van der Waals surface area contributed by atoms with Crippen molar-refractivity contribution in [2.75, 3.05) is 0 Å². The lowest BCUT2D eigenvalue weighted by Crippen LogP contribution is -1.80. The Kier molecular flexibility index (Phi) is 3.80. The molecule has 82 valence electrons. The van der Waals surface area contributed by atoms with Gasteiger partial charge in [-0.3, -0.25) is 4.79 Å². The minimum atomic E-state index is 0.798. The lowest BCUT2D eigenvalue weighted by atomic mass is 10.2. The fraction of sp³-hybridized carbons (Fsp3) is 0.154. The molecule has 1 aromatic carbocycles. The summed E-state index contributed by atoms with van der Waals surface area (Å²) in [6.45, 7) is 2.10. The number of rotatable bonds is 4. The number of carbonyl (C=O) groups excluding carboxylic acids is 1. The number of thiophene rings is 1. The van der Waals surface area contributed by atoms with Gasteiger partial charge in [0, 0.05) is 16.0 Å². The van der Waals surface area contributed by atoms with Crippen LogP contribution in [0.1, 0.15) is 20.8 Å². The molecular weight excluding hydrogens is 236 g/mol. The van der Waals surface area contributed by atoms with E-state index in [0.717, 1.165) is 16.9 Å². The summed E-state index contributed by atoms with van der Waals surface area (Å²) < 4.78 is 0. The molecule has 1 heterocycles. The van der Waals surface area contributed by atoms with Crippen LogP contribution < -0.4 is 0 Å². The topological polar surface area (TPSA) is 17.1 Å². The van der Waals surface area contributed by atoms with Crippen LogP contribution in [0, 0.1) is 6.92 Å². The van der Waals surface area contributed by atoms with Gasteiger partial charge in [-0.25, -0.2) is 0 Å². The number of benzene rings is 1. The van der Waals surface area contributed by atoms with E-state index in [0.29, 0.717) is 0 Å². The molecule has 0 aliphatic carbocycles. The van der Waals surface area contributed by atoms with Crippen LogP contribution in [0.2, 0.25) is 0 Å². The molecule has 0 fully saturated rings. The summed E-state index contributed by atoms with van der Waals surface area (Å²) in [5, 5.41) is 2.03. The molecule has 0 N–H and O–H groups in total. The average molecular weight is 248 g/mol. The molecule has 0 saturated carbocycles. The second-order valence-electron chi connectivity index (χ2n) is 3.58. The number of carbonyl (C=O) groups is 1. The standard InChI is InChI=1S/C13H12OS2/c1-10-3-2-4-11(5-10)8-15-13-6-12(7-14)16-9-13/h2-7,9H,8H2,1H3. The van der Waals surface area contributed by atoms with Crippen LogP contribution >= 0.6 is 23.1 Å². The van der Waals surface area contributed by atoms with Gasteiger partial charge in [0.05, 0.1) is 4.88 Å². The molecule has 2 rings (SSSR count). The van der Waals surface area contributed by atoms with E-state index in [-0.39, 0.29) is 0 Å². The predicted octanol–water partition coefficient (Wildman–Crippen LogP) is 4.16. The van der Waals surface area contributed by atoms with E-state index in [1.54, 1.807) is 11.8 Å². The van der Waals surface area contributed by atoms with E-state index in [1.807, 2.05) is 11.4 Å². The summed E-state index contributed by atoms with van der Waals surface area (Å²) in [6, 6.07) is 10.4. The van der Waals surface area contributed by atoms with Gasteiger partial charge in [-0.2, -0.15) is 0 Å². The van der Waals surface area contributed by atoms with Crippen LogP contribution in [0.15, 0.2) is 40.6 Å². The largest absolute Gasteiger partial charge is 0.297 e. The first kappa shape index (κ1) is 11.4. The molecule has 0 aliphatic heterocycles. The van der Waals surface area contributed by atoms with Crippen molar-refractivity contribution in [1.82, 2.24) is 0 Å². The van der Waals surface area contributed by atoms with Gasteiger partial charge in [0.1, 0.15) is 0 Å². The molecule has 2 aromatic rings. The van der Waals surface area contributed by atoms with E-state index in [4.69, 9.17) is 0 Å². The summed E-state index contributed by atoms with van der Waals surface area (Å²) in [5.74, 6) is 0.955. The van der Waals surface area contributed by atoms with Gasteiger partial charge in [0.15, 0.2) is 6.29 Å². The van der Waals surface area contributed by atoms with Crippen LogP contribution in [0.5, 0.6) is 0 Å². The Morgan fingerprint density at radius 1 is 1.38 bits per heavy atom. The average Bonchev–Trinajstić information content (AvgIpc) is 2.74. The van der Waals surface area contributed by atoms with Crippen molar-refractivity contribution < 1.29 is 4.79 Å². The highest BCUT2D eigenvalue weighted by Crippen LogP contribution is 2.27. The van der Waals surface area contributed by atoms with Crippen LogP contribution in [-0.2, 0) is 5.75 Å². The normalized spacial score (nSPS) is 10.3. The molecule has 1 aromatic heterocycles. The molecule has 0 spiro atoms. The van der Waals surface area contributed by atoms with Gasteiger partial charge in [-0.05, 0) is 18.6 Å². The zero-order chi connectivity index (χ0) is 11.4. The smallest absolute Gasteiger partial charge is 0.160 e. The quantitative estimate of drug-likeness (QED) is 0.597. The molecule has 0 unspecified atom stereocenters. The van der Waals surface area contributed by atoms with Crippen LogP contribution in [0.3, 0.4) is 0 Å². The second-order valence-corrected chi connectivity index (χ2v) is 5.57. The van der Waals surface area contributed by atoms with Crippen molar-refractivity contribution in [3.05, 3.63) is 51.7 Å². The maximum Gasteiger partial charge on any atom is 0.160 e. The lowest BCUT2D eigenvalue weighted by molar-refractivity contribution is 0.112. The third-order valence-corrected chi connectivity index (χ3v) is 4.25. The fourth-order valence-electron chi connectivity index (χ4n) is 1.44. The van der Waals surface area contributed by atoms with Crippen molar-refractivity contribution in [2.24, 2.45) is 0 Å². The van der Waals surface area contributed by atoms with Gasteiger partial charge < -0.3 is 0 Å². The Balaban J connectivity index is 1.99. The van der Waals surface area contributed by atoms with Gasteiger partial charge in [-0.1, -0.05) is 29.8 Å². The van der Waals surface area contributed by atoms with Crippen molar-refractivity contribution in [3.63, 3.8) is 0 Å². The Hall–Kier alpha value is -1.06. The van der Waals surface area contributed by atoms with Crippen molar-refractivity contribution in [3.8, 4) is 0 Å². The zero-order valence-corrected chi connectivity index (χ0v) is 10.6. The second kappa shape index (κ2) is 5.32. The van der Waals surface area contributed by atoms with Gasteiger partial charge in [-0.15, -0.1) is 23.1 Å². The van der Waals surface area contributed by atoms with Crippen molar-refractivity contribution in [2.45, 2.75) is 17.6 Å². The van der Waals surface area contributed by atoms with E-state index >= 15 is 0 Å². The van der Waals surface area contributed by atoms with Crippen LogP contribution in [0.4, 0.5) is 0 Å². The van der Waals surface area contributed by atoms with E-state index < -0.39 is 0 Å². The molecular formula is C13H12OS2. The maximum atomic E-state index is 10.5. The number of aldehydes is 1. The zero-order valence-electron chi connectivity index (χ0n) is 8.97. The molecule has 0 aliphatic rings. The van der Waals surface area contributed by atoms with Crippen molar-refractivity contribution in [1.29, 1.82) is 0 Å². The first-order valence-corrected chi connectivity index (χ1v) is 6.86. The summed E-state index contributed by atoms with van der Waals surface area (Å²) in [7, 11) is 0. The Morgan fingerprint density at radius 2 is 2.25 bits per heavy atom. The molecule has 16 heavy (non-hydrogen) atoms. The van der Waals surface area contributed by atoms with Gasteiger partial charge in [0.2, 0.25) is 0 Å². The van der Waals surface area contributed by atoms with E-state index in [1.165, 1.54) is 27.4 Å². The third kappa shape index (κ3) is 2.97. The summed E-state index contributed by atoms with van der Waals surface area (Å²) in [4.78, 5) is 12.5. The highest BCUT2D eigenvalue weighted by atomic mass is 32.2. The minimum Gasteiger partial charge on any atom is -0.297 e. The number of thioether (sulfide) groups is 1.